The van der Waals surface area contributed by atoms with Crippen LogP contribution in [0.15, 0.2) is 0 Å². The minimum Gasteiger partial charge on any atom is -0.207 e. The first kappa shape index (κ1) is 12.0. The van der Waals surface area contributed by atoms with E-state index in [2.05, 4.69) is 0 Å². The summed E-state index contributed by atoms with van der Waals surface area (Å²) in [6, 6.07) is 0. The summed E-state index contributed by atoms with van der Waals surface area (Å²) in [7, 11) is 0. The molecule has 3 unspecified atom stereocenters. The van der Waals surface area contributed by atoms with Gasteiger partial charge in [-0.25, -0.2) is 8.78 Å². The maximum absolute atomic E-state index is 13.2. The number of alkyl halides is 3. The lowest BCUT2D eigenvalue weighted by molar-refractivity contribution is -0.0552. The Labute approximate surface area is 99.1 Å². The third-order valence-electron chi connectivity index (χ3n) is 3.50. The van der Waals surface area contributed by atoms with Crippen LogP contribution in [0.2, 0.25) is 0 Å². The number of thioether (sulfide) groups is 1. The van der Waals surface area contributed by atoms with Gasteiger partial charge >= 0.3 is 0 Å². The molecular formula is C11H17ClF2S. The van der Waals surface area contributed by atoms with Crippen molar-refractivity contribution in [2.45, 2.75) is 43.4 Å². The maximum Gasteiger partial charge on any atom is 0.248 e. The van der Waals surface area contributed by atoms with Crippen LogP contribution in [0, 0.1) is 11.8 Å². The third-order valence-corrected chi connectivity index (χ3v) is 5.45. The summed E-state index contributed by atoms with van der Waals surface area (Å²) in [4.78, 5) is 0. The van der Waals surface area contributed by atoms with Crippen molar-refractivity contribution in [2.24, 2.45) is 11.8 Å². The number of hydrogen-bond donors (Lipinski definition) is 0. The summed E-state index contributed by atoms with van der Waals surface area (Å²) < 4.78 is 26.4. The molecule has 4 heteroatoms. The van der Waals surface area contributed by atoms with Crippen molar-refractivity contribution in [2.75, 3.05) is 11.5 Å². The predicted molar refractivity (Wildman–Crippen MR) is 62.0 cm³/mol. The first-order valence-electron chi connectivity index (χ1n) is 5.66. The molecule has 2 rings (SSSR count). The summed E-state index contributed by atoms with van der Waals surface area (Å²) in [6.07, 6.45) is 2.76. The highest BCUT2D eigenvalue weighted by Crippen LogP contribution is 2.42. The van der Waals surface area contributed by atoms with Crippen LogP contribution in [0.4, 0.5) is 8.78 Å². The fourth-order valence-corrected chi connectivity index (χ4v) is 4.56. The monoisotopic (exact) mass is 254 g/mol. The quantitative estimate of drug-likeness (QED) is 0.667. The van der Waals surface area contributed by atoms with Crippen LogP contribution < -0.4 is 0 Å². The number of hydrogen-bond acceptors (Lipinski definition) is 1. The normalized spacial score (nSPS) is 40.6. The fourth-order valence-electron chi connectivity index (χ4n) is 2.69. The largest absolute Gasteiger partial charge is 0.248 e. The Kier molecular flexibility index (Phi) is 3.82. The highest BCUT2D eigenvalue weighted by molar-refractivity contribution is 7.99. The van der Waals surface area contributed by atoms with Crippen molar-refractivity contribution in [3.05, 3.63) is 0 Å². The molecule has 1 saturated heterocycles. The van der Waals surface area contributed by atoms with E-state index in [0.29, 0.717) is 12.3 Å². The fraction of sp³-hybridized carbons (Fsp3) is 1.00. The molecule has 2 fully saturated rings. The zero-order valence-electron chi connectivity index (χ0n) is 8.72. The lowest BCUT2D eigenvalue weighted by Gasteiger charge is -2.30. The minimum atomic E-state index is -2.41. The lowest BCUT2D eigenvalue weighted by Crippen LogP contribution is -2.28. The molecule has 15 heavy (non-hydrogen) atoms. The van der Waals surface area contributed by atoms with E-state index in [4.69, 9.17) is 11.6 Å². The molecule has 0 bridgehead atoms. The van der Waals surface area contributed by atoms with Crippen molar-refractivity contribution in [1.82, 2.24) is 0 Å². The van der Waals surface area contributed by atoms with Crippen LogP contribution in [-0.2, 0) is 0 Å². The van der Waals surface area contributed by atoms with E-state index in [-0.39, 0.29) is 24.1 Å². The lowest BCUT2D eigenvalue weighted by atomic mass is 9.81. The molecule has 1 aliphatic carbocycles. The van der Waals surface area contributed by atoms with Gasteiger partial charge in [-0.05, 0) is 30.4 Å². The summed E-state index contributed by atoms with van der Waals surface area (Å²) in [5, 5.41) is 0.213. The van der Waals surface area contributed by atoms with Gasteiger partial charge in [-0.1, -0.05) is 6.42 Å². The zero-order chi connectivity index (χ0) is 10.9. The van der Waals surface area contributed by atoms with Gasteiger partial charge in [0.1, 0.15) is 0 Å². The van der Waals surface area contributed by atoms with Crippen LogP contribution in [0.5, 0.6) is 0 Å². The molecule has 1 aliphatic heterocycles. The van der Waals surface area contributed by atoms with Crippen LogP contribution in [0.3, 0.4) is 0 Å². The Hall–Kier alpha value is 0.500. The van der Waals surface area contributed by atoms with Crippen molar-refractivity contribution >= 4 is 23.4 Å². The van der Waals surface area contributed by atoms with E-state index in [0.717, 1.165) is 24.3 Å². The van der Waals surface area contributed by atoms with Gasteiger partial charge < -0.3 is 0 Å². The van der Waals surface area contributed by atoms with Gasteiger partial charge in [-0.2, -0.15) is 11.8 Å². The molecule has 0 N–H and O–H groups in total. The molecule has 0 aromatic carbocycles. The van der Waals surface area contributed by atoms with Crippen molar-refractivity contribution in [3.8, 4) is 0 Å². The highest BCUT2D eigenvalue weighted by Gasteiger charge is 2.38. The zero-order valence-corrected chi connectivity index (χ0v) is 10.3. The molecule has 0 amide bonds. The summed E-state index contributed by atoms with van der Waals surface area (Å²) in [5.41, 5.74) is 0. The van der Waals surface area contributed by atoms with Crippen LogP contribution in [-0.4, -0.2) is 22.8 Å². The molecule has 0 nitrogen and oxygen atoms in total. The Morgan fingerprint density at radius 2 is 2.13 bits per heavy atom. The second-order valence-corrected chi connectivity index (χ2v) is 6.50. The first-order chi connectivity index (χ1) is 7.07. The van der Waals surface area contributed by atoms with E-state index in [9.17, 15) is 8.78 Å². The molecule has 0 spiro atoms. The molecule has 0 aromatic heterocycles. The summed E-state index contributed by atoms with van der Waals surface area (Å²) in [6.45, 7) is 0. The molecule has 2 aliphatic rings. The predicted octanol–water partition coefficient (Wildman–Crippen LogP) is 4.17. The molecule has 1 saturated carbocycles. The van der Waals surface area contributed by atoms with E-state index >= 15 is 0 Å². The minimum absolute atomic E-state index is 0.0905. The van der Waals surface area contributed by atoms with Gasteiger partial charge in [0.25, 0.3) is 0 Å². The molecule has 0 aromatic rings. The smallest absolute Gasteiger partial charge is 0.207 e. The molecule has 3 atom stereocenters. The Balaban J connectivity index is 1.83. The van der Waals surface area contributed by atoms with Gasteiger partial charge in [0.2, 0.25) is 5.92 Å². The second kappa shape index (κ2) is 4.79. The molecular weight excluding hydrogens is 238 g/mol. The molecule has 88 valence electrons. The third kappa shape index (κ3) is 3.23. The highest BCUT2D eigenvalue weighted by atomic mass is 35.5. The van der Waals surface area contributed by atoms with Gasteiger partial charge in [0, 0.05) is 24.0 Å². The number of halogens is 3. The van der Waals surface area contributed by atoms with E-state index in [1.165, 1.54) is 0 Å². The van der Waals surface area contributed by atoms with Crippen LogP contribution in [0.1, 0.15) is 32.1 Å². The van der Waals surface area contributed by atoms with Crippen LogP contribution in [0.25, 0.3) is 0 Å². The van der Waals surface area contributed by atoms with Crippen molar-refractivity contribution in [1.29, 1.82) is 0 Å². The summed E-state index contributed by atoms with van der Waals surface area (Å²) in [5.74, 6) is 0.330. The van der Waals surface area contributed by atoms with Crippen molar-refractivity contribution in [3.63, 3.8) is 0 Å². The number of rotatable bonds is 2. The van der Waals surface area contributed by atoms with E-state index < -0.39 is 5.92 Å². The molecule has 1 heterocycles. The van der Waals surface area contributed by atoms with Crippen LogP contribution >= 0.6 is 23.4 Å². The van der Waals surface area contributed by atoms with Crippen molar-refractivity contribution < 1.29 is 8.78 Å². The average Bonchev–Trinajstić information content (AvgIpc) is 2.50. The SMILES string of the molecule is FC1(F)CCCC(CC2CSCC2Cl)C1. The van der Waals surface area contributed by atoms with E-state index in [1.54, 1.807) is 0 Å². The van der Waals surface area contributed by atoms with E-state index in [1.807, 2.05) is 11.8 Å². The standard InChI is InChI=1S/C11H17ClF2S/c12-10-7-15-6-9(10)4-8-2-1-3-11(13,14)5-8/h8-10H,1-7H2. The van der Waals surface area contributed by atoms with Gasteiger partial charge in [0.05, 0.1) is 0 Å². The second-order valence-electron chi connectivity index (χ2n) is 4.87. The first-order valence-corrected chi connectivity index (χ1v) is 7.25. The van der Waals surface area contributed by atoms with Gasteiger partial charge in [0.15, 0.2) is 0 Å². The molecule has 0 radical (unpaired) electrons. The van der Waals surface area contributed by atoms with Gasteiger partial charge in [-0.15, -0.1) is 11.6 Å². The average molecular weight is 255 g/mol. The maximum atomic E-state index is 13.2. The van der Waals surface area contributed by atoms with Gasteiger partial charge in [-0.3, -0.25) is 0 Å². The topological polar surface area (TPSA) is 0 Å². The Bertz CT molecular complexity index is 223. The summed E-state index contributed by atoms with van der Waals surface area (Å²) >= 11 is 8.02. The Morgan fingerprint density at radius 3 is 2.73 bits per heavy atom. The Morgan fingerprint density at radius 1 is 1.33 bits per heavy atom.